The topological polar surface area (TPSA) is 119 Å². The molecular weight excluding hydrogens is 334 g/mol. The van der Waals surface area contributed by atoms with E-state index >= 15 is 0 Å². The number of hydrazone groups is 1. The molecule has 0 aromatic heterocycles. The molecule has 0 saturated heterocycles. The molecule has 1 aliphatic carbocycles. The quantitative estimate of drug-likeness (QED) is 0.658. The van der Waals surface area contributed by atoms with E-state index in [0.717, 1.165) is 6.07 Å². The first-order valence-corrected chi connectivity index (χ1v) is 8.82. The second-order valence-electron chi connectivity index (χ2n) is 6.71. The summed E-state index contributed by atoms with van der Waals surface area (Å²) in [6.07, 6.45) is 1.05. The molecule has 130 valence electrons. The third-order valence-electron chi connectivity index (χ3n) is 3.77. The van der Waals surface area contributed by atoms with Crippen molar-refractivity contribution in [2.75, 3.05) is 0 Å². The molecule has 1 saturated carbocycles. The Bertz CT molecular complexity index is 828. The molecule has 1 aromatic rings. The van der Waals surface area contributed by atoms with E-state index in [1.54, 1.807) is 0 Å². The van der Waals surface area contributed by atoms with Crippen LogP contribution in [0.3, 0.4) is 0 Å². The molecule has 0 unspecified atom stereocenters. The summed E-state index contributed by atoms with van der Waals surface area (Å²) in [5, 5.41) is 14.8. The van der Waals surface area contributed by atoms with Crippen LogP contribution < -0.4 is 4.83 Å². The minimum absolute atomic E-state index is 0.00942. The number of hydrogen-bond acceptors (Lipinski definition) is 6. The zero-order valence-electron chi connectivity index (χ0n) is 13.7. The molecule has 9 heteroatoms. The minimum atomic E-state index is -4.04. The Morgan fingerprint density at radius 2 is 1.96 bits per heavy atom. The normalized spacial score (nSPS) is 19.3. The number of ketones is 1. The summed E-state index contributed by atoms with van der Waals surface area (Å²) in [5.74, 6) is 0.00942. The van der Waals surface area contributed by atoms with Crippen LogP contribution in [0.5, 0.6) is 0 Å². The van der Waals surface area contributed by atoms with Gasteiger partial charge in [0.25, 0.3) is 15.7 Å². The lowest BCUT2D eigenvalue weighted by Gasteiger charge is -2.29. The molecule has 0 radical (unpaired) electrons. The number of aryl methyl sites for hydroxylation is 1. The van der Waals surface area contributed by atoms with Gasteiger partial charge in [0.1, 0.15) is 5.78 Å². The third kappa shape index (κ3) is 4.16. The Kier molecular flexibility index (Phi) is 4.75. The van der Waals surface area contributed by atoms with Crippen LogP contribution in [0.15, 0.2) is 28.2 Å². The van der Waals surface area contributed by atoms with Crippen LogP contribution in [0.4, 0.5) is 5.69 Å². The summed E-state index contributed by atoms with van der Waals surface area (Å²) >= 11 is 0. The number of hydrogen-bond donors (Lipinski definition) is 1. The molecule has 2 rings (SSSR count). The summed E-state index contributed by atoms with van der Waals surface area (Å²) in [4.78, 5) is 23.8. The van der Waals surface area contributed by atoms with Crippen molar-refractivity contribution in [2.24, 2.45) is 10.5 Å². The smallest absolute Gasteiger partial charge is 0.276 e. The summed E-state index contributed by atoms with van der Waals surface area (Å²) in [7, 11) is -4.04. The molecule has 8 nitrogen and oxygen atoms in total. The van der Waals surface area contributed by atoms with Crippen molar-refractivity contribution in [3.63, 3.8) is 0 Å². The summed E-state index contributed by atoms with van der Waals surface area (Å²) in [6.45, 7) is 5.35. The first-order chi connectivity index (χ1) is 11.0. The molecule has 0 aliphatic heterocycles. The fourth-order valence-corrected chi connectivity index (χ4v) is 3.58. The monoisotopic (exact) mass is 353 g/mol. The van der Waals surface area contributed by atoms with Gasteiger partial charge in [-0.05, 0) is 24.8 Å². The van der Waals surface area contributed by atoms with E-state index in [2.05, 4.69) is 9.93 Å². The molecule has 0 bridgehead atoms. The Morgan fingerprint density at radius 3 is 2.54 bits per heavy atom. The van der Waals surface area contributed by atoms with Gasteiger partial charge in [0, 0.05) is 30.2 Å². The Morgan fingerprint density at radius 1 is 1.29 bits per heavy atom. The van der Waals surface area contributed by atoms with Crippen LogP contribution in [-0.4, -0.2) is 24.8 Å². The van der Waals surface area contributed by atoms with E-state index in [0.29, 0.717) is 24.1 Å². The van der Waals surface area contributed by atoms with Gasteiger partial charge in [-0.25, -0.2) is 4.83 Å². The summed E-state index contributed by atoms with van der Waals surface area (Å²) in [6, 6.07) is 3.64. The van der Waals surface area contributed by atoms with Crippen LogP contribution in [0.25, 0.3) is 0 Å². The Balaban J connectivity index is 2.26. The molecule has 1 N–H and O–H groups in total. The van der Waals surface area contributed by atoms with Crippen molar-refractivity contribution >= 4 is 27.2 Å². The van der Waals surface area contributed by atoms with Crippen molar-refractivity contribution in [3.8, 4) is 0 Å². The fourth-order valence-electron chi connectivity index (χ4n) is 2.71. The number of nitro benzene ring substituents is 1. The van der Waals surface area contributed by atoms with Gasteiger partial charge in [0.2, 0.25) is 0 Å². The number of Topliss-reactive ketones (excluding diaryl/α,β-unsaturated/α-hetero) is 1. The molecule has 0 heterocycles. The molecule has 1 aromatic carbocycles. The van der Waals surface area contributed by atoms with Gasteiger partial charge in [-0.2, -0.15) is 13.5 Å². The third-order valence-corrected chi connectivity index (χ3v) is 4.98. The minimum Gasteiger partial charge on any atom is -0.299 e. The predicted molar refractivity (Wildman–Crippen MR) is 88.2 cm³/mol. The maximum atomic E-state index is 12.3. The largest absolute Gasteiger partial charge is 0.299 e. The molecule has 24 heavy (non-hydrogen) atoms. The highest BCUT2D eigenvalue weighted by Gasteiger charge is 2.30. The van der Waals surface area contributed by atoms with Crippen molar-refractivity contribution in [1.82, 2.24) is 4.83 Å². The summed E-state index contributed by atoms with van der Waals surface area (Å²) in [5.41, 5.74) is 0.285. The number of carbonyl (C=O) groups excluding carboxylic acids is 1. The highest BCUT2D eigenvalue weighted by atomic mass is 32.2. The van der Waals surface area contributed by atoms with Crippen LogP contribution >= 0.6 is 0 Å². The molecule has 1 fully saturated rings. The van der Waals surface area contributed by atoms with E-state index in [9.17, 15) is 23.3 Å². The van der Waals surface area contributed by atoms with Gasteiger partial charge in [0.15, 0.2) is 0 Å². The average molecular weight is 353 g/mol. The van der Waals surface area contributed by atoms with Gasteiger partial charge < -0.3 is 0 Å². The van der Waals surface area contributed by atoms with E-state index in [-0.39, 0.29) is 28.2 Å². The zero-order valence-corrected chi connectivity index (χ0v) is 14.5. The first kappa shape index (κ1) is 18.1. The molecule has 0 atom stereocenters. The fraction of sp³-hybridized carbons (Fsp3) is 0.467. The van der Waals surface area contributed by atoms with Crippen LogP contribution in [-0.2, 0) is 14.8 Å². The van der Waals surface area contributed by atoms with Crippen molar-refractivity contribution < 1.29 is 18.1 Å². The van der Waals surface area contributed by atoms with Gasteiger partial charge in [-0.15, -0.1) is 0 Å². The van der Waals surface area contributed by atoms with E-state index in [4.69, 9.17) is 0 Å². The first-order valence-electron chi connectivity index (χ1n) is 7.34. The number of nitrogens with zero attached hydrogens (tertiary/aromatic N) is 2. The summed E-state index contributed by atoms with van der Waals surface area (Å²) < 4.78 is 24.6. The van der Waals surface area contributed by atoms with E-state index in [1.807, 2.05) is 13.8 Å². The highest BCUT2D eigenvalue weighted by Crippen LogP contribution is 2.31. The maximum Gasteiger partial charge on any atom is 0.276 e. The number of nitro groups is 1. The van der Waals surface area contributed by atoms with Gasteiger partial charge in [-0.3, -0.25) is 14.9 Å². The molecule has 0 spiro atoms. The number of nitrogens with one attached hydrogen (secondary N) is 1. The highest BCUT2D eigenvalue weighted by molar-refractivity contribution is 7.89. The number of benzene rings is 1. The molecular formula is C15H19N3O5S. The van der Waals surface area contributed by atoms with E-state index < -0.39 is 14.9 Å². The van der Waals surface area contributed by atoms with Crippen LogP contribution in [0.2, 0.25) is 0 Å². The lowest BCUT2D eigenvalue weighted by atomic mass is 9.76. The van der Waals surface area contributed by atoms with Gasteiger partial charge in [0.05, 0.1) is 9.82 Å². The van der Waals surface area contributed by atoms with Gasteiger partial charge in [-0.1, -0.05) is 19.9 Å². The van der Waals surface area contributed by atoms with Gasteiger partial charge >= 0.3 is 0 Å². The second kappa shape index (κ2) is 6.31. The van der Waals surface area contributed by atoms with Crippen molar-refractivity contribution in [1.29, 1.82) is 0 Å². The Hall–Kier alpha value is -2.29. The van der Waals surface area contributed by atoms with E-state index in [1.165, 1.54) is 19.1 Å². The number of sulfonamides is 1. The maximum absolute atomic E-state index is 12.3. The lowest BCUT2D eigenvalue weighted by molar-refractivity contribution is -0.385. The van der Waals surface area contributed by atoms with Crippen molar-refractivity contribution in [3.05, 3.63) is 33.9 Å². The second-order valence-corrected chi connectivity index (χ2v) is 8.37. The van der Waals surface area contributed by atoms with Crippen LogP contribution in [0.1, 0.15) is 38.7 Å². The zero-order chi connectivity index (χ0) is 18.1. The molecule has 0 amide bonds. The average Bonchev–Trinajstić information content (AvgIpc) is 2.43. The lowest BCUT2D eigenvalue weighted by Crippen LogP contribution is -2.31. The van der Waals surface area contributed by atoms with Crippen molar-refractivity contribution in [2.45, 2.75) is 44.9 Å². The molecule has 1 aliphatic rings. The standard InChI is InChI=1S/C15H19N3O5S/c1-10-4-5-13(7-14(10)18(20)21)24(22,23)17-16-11-6-12(19)9-15(2,3)8-11/h4-5,7,17H,6,8-9H2,1-3H3. The number of carbonyl (C=O) groups is 1. The predicted octanol–water partition coefficient (Wildman–Crippen LogP) is 2.32. The Labute approximate surface area is 140 Å². The number of rotatable bonds is 4. The van der Waals surface area contributed by atoms with Crippen LogP contribution in [0, 0.1) is 22.5 Å². The SMILES string of the molecule is Cc1ccc(S(=O)(=O)NN=C2CC(=O)CC(C)(C)C2)cc1[N+](=O)[O-].